The molecule has 0 amide bonds. The van der Waals surface area contributed by atoms with Crippen LogP contribution in [0.4, 0.5) is 0 Å². The van der Waals surface area contributed by atoms with E-state index >= 15 is 0 Å². The van der Waals surface area contributed by atoms with E-state index in [9.17, 15) is 0 Å². The standard InChI is InChI=1S/C29H42O4/c1-2-30-23-24-31-21-9-6-4-3-5-7-11-25-13-15-26(16-14-25)27-17-19-28(20-18-27)33-29-12-8-10-22-32-29/h13-20,29H,2-12,21-24H2,1H3. The van der Waals surface area contributed by atoms with Gasteiger partial charge in [-0.15, -0.1) is 0 Å². The molecule has 33 heavy (non-hydrogen) atoms. The number of hydrogen-bond donors (Lipinski definition) is 0. The van der Waals surface area contributed by atoms with Crippen molar-refractivity contribution in [2.45, 2.75) is 77.4 Å². The molecule has 0 bridgehead atoms. The number of hydrogen-bond acceptors (Lipinski definition) is 4. The highest BCUT2D eigenvalue weighted by Gasteiger charge is 2.15. The van der Waals surface area contributed by atoms with Crippen LogP contribution in [0.5, 0.6) is 5.75 Å². The van der Waals surface area contributed by atoms with E-state index in [1.54, 1.807) is 0 Å². The van der Waals surface area contributed by atoms with Crippen molar-refractivity contribution in [2.75, 3.05) is 33.0 Å². The summed E-state index contributed by atoms with van der Waals surface area (Å²) < 4.78 is 22.4. The summed E-state index contributed by atoms with van der Waals surface area (Å²) in [4.78, 5) is 0. The molecule has 4 nitrogen and oxygen atoms in total. The summed E-state index contributed by atoms with van der Waals surface area (Å²) in [5, 5.41) is 0. The molecule has 0 saturated carbocycles. The van der Waals surface area contributed by atoms with Crippen LogP contribution in [-0.4, -0.2) is 39.3 Å². The second-order valence-corrected chi connectivity index (χ2v) is 8.82. The van der Waals surface area contributed by atoms with Crippen molar-refractivity contribution in [1.29, 1.82) is 0 Å². The lowest BCUT2D eigenvalue weighted by atomic mass is 10.0. The fourth-order valence-electron chi connectivity index (χ4n) is 4.15. The molecule has 2 aromatic rings. The van der Waals surface area contributed by atoms with Crippen LogP contribution in [0.3, 0.4) is 0 Å². The Balaban J connectivity index is 1.26. The fraction of sp³-hybridized carbons (Fsp3) is 0.586. The van der Waals surface area contributed by atoms with Gasteiger partial charge in [-0.1, -0.05) is 62.1 Å². The molecule has 1 fully saturated rings. The van der Waals surface area contributed by atoms with Gasteiger partial charge in [-0.3, -0.25) is 0 Å². The number of aryl methyl sites for hydroxylation is 1. The second kappa shape index (κ2) is 15.9. The Kier molecular flexibility index (Phi) is 12.4. The van der Waals surface area contributed by atoms with Gasteiger partial charge in [0.25, 0.3) is 0 Å². The van der Waals surface area contributed by atoms with Crippen LogP contribution in [0.1, 0.15) is 70.3 Å². The first kappa shape index (κ1) is 25.7. The maximum absolute atomic E-state index is 5.94. The zero-order chi connectivity index (χ0) is 23.0. The number of unbranched alkanes of at least 4 members (excludes halogenated alkanes) is 5. The minimum atomic E-state index is -0.0891. The molecule has 0 aliphatic carbocycles. The van der Waals surface area contributed by atoms with E-state index in [-0.39, 0.29) is 6.29 Å². The third-order valence-corrected chi connectivity index (χ3v) is 6.13. The van der Waals surface area contributed by atoms with Gasteiger partial charge in [0.2, 0.25) is 0 Å². The summed E-state index contributed by atoms with van der Waals surface area (Å²) in [6, 6.07) is 17.4. The molecule has 0 N–H and O–H groups in total. The average Bonchev–Trinajstić information content (AvgIpc) is 2.86. The maximum Gasteiger partial charge on any atom is 0.199 e. The Labute approximate surface area is 200 Å². The largest absolute Gasteiger partial charge is 0.465 e. The summed E-state index contributed by atoms with van der Waals surface area (Å²) in [6.45, 7) is 5.90. The Morgan fingerprint density at radius 1 is 0.727 bits per heavy atom. The smallest absolute Gasteiger partial charge is 0.199 e. The zero-order valence-corrected chi connectivity index (χ0v) is 20.4. The van der Waals surface area contributed by atoms with Gasteiger partial charge in [-0.25, -0.2) is 0 Å². The molecule has 4 heteroatoms. The quantitative estimate of drug-likeness (QED) is 0.251. The molecule has 1 aliphatic rings. The Morgan fingerprint density at radius 3 is 2.09 bits per heavy atom. The third kappa shape index (κ3) is 10.3. The normalized spacial score (nSPS) is 16.1. The van der Waals surface area contributed by atoms with E-state index < -0.39 is 0 Å². The Hall–Kier alpha value is -1.88. The molecule has 182 valence electrons. The van der Waals surface area contributed by atoms with Gasteiger partial charge < -0.3 is 18.9 Å². The van der Waals surface area contributed by atoms with Crippen LogP contribution in [0, 0.1) is 0 Å². The fourth-order valence-corrected chi connectivity index (χ4v) is 4.15. The summed E-state index contributed by atoms with van der Waals surface area (Å²) in [7, 11) is 0. The molecule has 1 atom stereocenters. The molecular formula is C29H42O4. The molecule has 3 rings (SSSR count). The Bertz CT molecular complexity index is 735. The highest BCUT2D eigenvalue weighted by molar-refractivity contribution is 5.64. The highest BCUT2D eigenvalue weighted by atomic mass is 16.7. The molecule has 0 aromatic heterocycles. The van der Waals surface area contributed by atoms with Gasteiger partial charge in [-0.2, -0.15) is 0 Å². The van der Waals surface area contributed by atoms with Gasteiger partial charge >= 0.3 is 0 Å². The van der Waals surface area contributed by atoms with E-state index in [0.29, 0.717) is 0 Å². The summed E-state index contributed by atoms with van der Waals surface area (Å²) >= 11 is 0. The first-order valence-corrected chi connectivity index (χ1v) is 13.0. The molecule has 1 heterocycles. The molecule has 1 unspecified atom stereocenters. The van der Waals surface area contributed by atoms with Crippen molar-refractivity contribution < 1.29 is 18.9 Å². The van der Waals surface area contributed by atoms with Gasteiger partial charge in [0, 0.05) is 19.6 Å². The van der Waals surface area contributed by atoms with Crippen molar-refractivity contribution in [2.24, 2.45) is 0 Å². The van der Waals surface area contributed by atoms with E-state index in [4.69, 9.17) is 18.9 Å². The van der Waals surface area contributed by atoms with Crippen molar-refractivity contribution >= 4 is 0 Å². The van der Waals surface area contributed by atoms with Gasteiger partial charge in [0.1, 0.15) is 5.75 Å². The monoisotopic (exact) mass is 454 g/mol. The lowest BCUT2D eigenvalue weighted by Gasteiger charge is -2.23. The van der Waals surface area contributed by atoms with Crippen LogP contribution < -0.4 is 4.74 Å². The summed E-state index contributed by atoms with van der Waals surface area (Å²) in [6.07, 6.45) is 12.0. The Morgan fingerprint density at radius 2 is 1.39 bits per heavy atom. The first-order chi connectivity index (χ1) is 16.3. The predicted octanol–water partition coefficient (Wildman–Crippen LogP) is 7.20. The zero-order valence-electron chi connectivity index (χ0n) is 20.4. The van der Waals surface area contributed by atoms with Crippen LogP contribution in [0.15, 0.2) is 48.5 Å². The van der Waals surface area contributed by atoms with Crippen molar-refractivity contribution in [3.8, 4) is 16.9 Å². The van der Waals surface area contributed by atoms with Gasteiger partial charge in [0.05, 0.1) is 19.8 Å². The molecule has 1 aliphatic heterocycles. The van der Waals surface area contributed by atoms with Crippen molar-refractivity contribution in [1.82, 2.24) is 0 Å². The van der Waals surface area contributed by atoms with Crippen LogP contribution in [-0.2, 0) is 20.6 Å². The van der Waals surface area contributed by atoms with Crippen LogP contribution >= 0.6 is 0 Å². The molecular weight excluding hydrogens is 412 g/mol. The summed E-state index contributed by atoms with van der Waals surface area (Å²) in [5.74, 6) is 0.886. The number of benzene rings is 2. The van der Waals surface area contributed by atoms with E-state index in [2.05, 4.69) is 36.4 Å². The predicted molar refractivity (Wildman–Crippen MR) is 135 cm³/mol. The van der Waals surface area contributed by atoms with Crippen LogP contribution in [0.25, 0.3) is 11.1 Å². The third-order valence-electron chi connectivity index (χ3n) is 6.13. The van der Waals surface area contributed by atoms with Crippen molar-refractivity contribution in [3.63, 3.8) is 0 Å². The maximum atomic E-state index is 5.94. The lowest BCUT2D eigenvalue weighted by molar-refractivity contribution is -0.105. The number of rotatable bonds is 16. The molecule has 2 aromatic carbocycles. The molecule has 0 spiro atoms. The van der Waals surface area contributed by atoms with Crippen LogP contribution in [0.2, 0.25) is 0 Å². The lowest BCUT2D eigenvalue weighted by Crippen LogP contribution is -2.24. The van der Waals surface area contributed by atoms with E-state index in [0.717, 1.165) is 64.5 Å². The first-order valence-electron chi connectivity index (χ1n) is 13.0. The summed E-state index contributed by atoms with van der Waals surface area (Å²) in [5.41, 5.74) is 3.90. The minimum Gasteiger partial charge on any atom is -0.465 e. The number of ether oxygens (including phenoxy) is 4. The van der Waals surface area contributed by atoms with Crippen molar-refractivity contribution in [3.05, 3.63) is 54.1 Å². The average molecular weight is 455 g/mol. The minimum absolute atomic E-state index is 0.0891. The van der Waals surface area contributed by atoms with Gasteiger partial charge in [-0.05, 0) is 67.9 Å². The topological polar surface area (TPSA) is 36.9 Å². The highest BCUT2D eigenvalue weighted by Crippen LogP contribution is 2.25. The molecule has 1 saturated heterocycles. The van der Waals surface area contributed by atoms with E-state index in [1.165, 1.54) is 55.2 Å². The molecule has 0 radical (unpaired) electrons. The second-order valence-electron chi connectivity index (χ2n) is 8.82. The van der Waals surface area contributed by atoms with Gasteiger partial charge in [0.15, 0.2) is 6.29 Å². The SMILES string of the molecule is CCOCCOCCCCCCCCc1ccc(-c2ccc(OC3CCCCO3)cc2)cc1. The van der Waals surface area contributed by atoms with E-state index in [1.807, 2.05) is 19.1 Å².